The van der Waals surface area contributed by atoms with Gasteiger partial charge in [-0.1, -0.05) is 42.5 Å². The van der Waals surface area contributed by atoms with E-state index in [0.29, 0.717) is 0 Å². The van der Waals surface area contributed by atoms with Crippen molar-refractivity contribution in [2.24, 2.45) is 0 Å². The van der Waals surface area contributed by atoms with Gasteiger partial charge < -0.3 is 24.2 Å². The lowest BCUT2D eigenvalue weighted by molar-refractivity contribution is -0.153. The van der Waals surface area contributed by atoms with Gasteiger partial charge in [-0.05, 0) is 24.6 Å². The maximum absolute atomic E-state index is 12.6. The average Bonchev–Trinajstić information content (AvgIpc) is 2.74. The van der Waals surface area contributed by atoms with Crippen LogP contribution in [0.15, 0.2) is 54.6 Å². The Bertz CT molecular complexity index is 875. The molecule has 0 fully saturated rings. The summed E-state index contributed by atoms with van der Waals surface area (Å²) in [4.78, 5) is 24.9. The quantitative estimate of drug-likeness (QED) is 0.537. The molecule has 0 saturated heterocycles. The number of hydrogen-bond donors (Lipinski definition) is 1. The number of alkyl halides is 3. The van der Waals surface area contributed by atoms with Crippen LogP contribution in [0.1, 0.15) is 18.9 Å². The van der Waals surface area contributed by atoms with Crippen molar-refractivity contribution in [2.75, 3.05) is 19.8 Å². The Morgan fingerprint density at radius 1 is 1.00 bits per heavy atom. The van der Waals surface area contributed by atoms with Gasteiger partial charge in [-0.3, -0.25) is 4.79 Å². The molecule has 0 bridgehead atoms. The van der Waals surface area contributed by atoms with Gasteiger partial charge in [-0.2, -0.15) is 13.2 Å². The van der Waals surface area contributed by atoms with Crippen LogP contribution in [0.4, 0.5) is 18.0 Å². The summed E-state index contributed by atoms with van der Waals surface area (Å²) in [6.07, 6.45) is -5.54. The lowest BCUT2D eigenvalue weighted by atomic mass is 10.2. The molecule has 10 heteroatoms. The molecule has 1 atom stereocenters. The highest BCUT2D eigenvalue weighted by Gasteiger charge is 2.29. The Morgan fingerprint density at radius 2 is 1.59 bits per heavy atom. The van der Waals surface area contributed by atoms with Crippen molar-refractivity contribution in [3.63, 3.8) is 0 Å². The number of para-hydroxylation sites is 2. The smallest absolute Gasteiger partial charge is 0.422 e. The minimum absolute atomic E-state index is 0.00490. The summed E-state index contributed by atoms with van der Waals surface area (Å²) in [5.41, 5.74) is 0.763. The fourth-order valence-electron chi connectivity index (χ4n) is 2.76. The fourth-order valence-corrected chi connectivity index (χ4v) is 2.76. The van der Waals surface area contributed by atoms with Crippen LogP contribution in [0.25, 0.3) is 0 Å². The van der Waals surface area contributed by atoms with E-state index in [1.165, 1.54) is 23.1 Å². The Kier molecular flexibility index (Phi) is 9.18. The summed E-state index contributed by atoms with van der Waals surface area (Å²) in [6, 6.07) is 14.1. The summed E-state index contributed by atoms with van der Waals surface area (Å²) in [5.74, 6) is -1.12. The van der Waals surface area contributed by atoms with E-state index in [9.17, 15) is 22.8 Å². The first kappa shape index (κ1) is 24.8. The first-order chi connectivity index (χ1) is 15.2. The van der Waals surface area contributed by atoms with Crippen molar-refractivity contribution < 1.29 is 42.1 Å². The molecule has 1 N–H and O–H groups in total. The van der Waals surface area contributed by atoms with Gasteiger partial charge in [0.25, 0.3) is 0 Å². The predicted molar refractivity (Wildman–Crippen MR) is 109 cm³/mol. The second-order valence-electron chi connectivity index (χ2n) is 6.88. The molecule has 7 nitrogen and oxygen atoms in total. The standard InChI is InChI=1S/C22H24F3NO6/c1-16(13-20(27)28)26(21(29)31-14-17-7-3-2-4-8-17)11-12-30-18-9-5-6-10-19(18)32-15-22(23,24)25/h2-10,16H,11-15H2,1H3,(H,27,28). The van der Waals surface area contributed by atoms with Crippen LogP contribution < -0.4 is 9.47 Å². The van der Waals surface area contributed by atoms with Crippen molar-refractivity contribution in [3.8, 4) is 11.5 Å². The zero-order chi connectivity index (χ0) is 23.6. The van der Waals surface area contributed by atoms with Crippen LogP contribution in [0, 0.1) is 0 Å². The van der Waals surface area contributed by atoms with E-state index < -0.39 is 30.9 Å². The predicted octanol–water partition coefficient (Wildman–Crippen LogP) is 4.51. The van der Waals surface area contributed by atoms with E-state index in [1.54, 1.807) is 37.3 Å². The molecule has 0 aliphatic carbocycles. The molecule has 2 aromatic rings. The molecule has 2 aromatic carbocycles. The van der Waals surface area contributed by atoms with Crippen LogP contribution in [-0.2, 0) is 16.1 Å². The molecule has 0 heterocycles. The van der Waals surface area contributed by atoms with Crippen molar-refractivity contribution in [3.05, 3.63) is 60.2 Å². The number of ether oxygens (including phenoxy) is 3. The Hall–Kier alpha value is -3.43. The zero-order valence-corrected chi connectivity index (χ0v) is 17.4. The molecule has 0 aromatic heterocycles. The number of hydrogen-bond acceptors (Lipinski definition) is 5. The molecule has 174 valence electrons. The van der Waals surface area contributed by atoms with Gasteiger partial charge >= 0.3 is 18.2 Å². The maximum atomic E-state index is 12.6. The van der Waals surface area contributed by atoms with Crippen molar-refractivity contribution >= 4 is 12.1 Å². The van der Waals surface area contributed by atoms with Crippen molar-refractivity contribution in [1.29, 1.82) is 0 Å². The number of carboxylic acid groups (broad SMARTS) is 1. The van der Waals surface area contributed by atoms with Crippen LogP contribution in [0.5, 0.6) is 11.5 Å². The summed E-state index contributed by atoms with van der Waals surface area (Å²) in [7, 11) is 0. The largest absolute Gasteiger partial charge is 0.488 e. The molecule has 0 saturated carbocycles. The van der Waals surface area contributed by atoms with E-state index in [1.807, 2.05) is 6.07 Å². The molecule has 2 rings (SSSR count). The van der Waals surface area contributed by atoms with Gasteiger partial charge in [0, 0.05) is 6.04 Å². The normalized spacial score (nSPS) is 12.0. The van der Waals surface area contributed by atoms with E-state index in [2.05, 4.69) is 0 Å². The highest BCUT2D eigenvalue weighted by Crippen LogP contribution is 2.28. The van der Waals surface area contributed by atoms with E-state index in [4.69, 9.17) is 19.3 Å². The highest BCUT2D eigenvalue weighted by molar-refractivity contribution is 5.71. The van der Waals surface area contributed by atoms with Crippen LogP contribution in [0.2, 0.25) is 0 Å². The van der Waals surface area contributed by atoms with Gasteiger partial charge in [0.2, 0.25) is 0 Å². The monoisotopic (exact) mass is 455 g/mol. The highest BCUT2D eigenvalue weighted by atomic mass is 19.4. The lowest BCUT2D eigenvalue weighted by Crippen LogP contribution is -2.42. The third kappa shape index (κ3) is 8.75. The van der Waals surface area contributed by atoms with E-state index in [-0.39, 0.29) is 37.7 Å². The summed E-state index contributed by atoms with van der Waals surface area (Å²) < 4.78 is 52.9. The number of halogens is 3. The first-order valence-corrected chi connectivity index (χ1v) is 9.76. The summed E-state index contributed by atoms with van der Waals surface area (Å²) in [6.45, 7) is -0.0728. The lowest BCUT2D eigenvalue weighted by Gasteiger charge is -2.27. The van der Waals surface area contributed by atoms with Gasteiger partial charge in [0.05, 0.1) is 13.0 Å². The average molecular weight is 455 g/mol. The molecular formula is C22H24F3NO6. The molecule has 0 spiro atoms. The number of carboxylic acids is 1. The molecule has 1 unspecified atom stereocenters. The van der Waals surface area contributed by atoms with Crippen LogP contribution >= 0.6 is 0 Å². The minimum atomic E-state index is -4.50. The van der Waals surface area contributed by atoms with E-state index >= 15 is 0 Å². The van der Waals surface area contributed by atoms with Crippen molar-refractivity contribution in [2.45, 2.75) is 32.2 Å². The molecule has 0 aliphatic rings. The molecular weight excluding hydrogens is 431 g/mol. The maximum Gasteiger partial charge on any atom is 0.422 e. The number of carbonyl (C=O) groups is 2. The second kappa shape index (κ2) is 11.8. The van der Waals surface area contributed by atoms with Gasteiger partial charge in [-0.15, -0.1) is 0 Å². The molecule has 0 aliphatic heterocycles. The van der Waals surface area contributed by atoms with Crippen molar-refractivity contribution in [1.82, 2.24) is 4.90 Å². The third-order valence-electron chi connectivity index (χ3n) is 4.27. The number of carbonyl (C=O) groups excluding carboxylic acids is 1. The zero-order valence-electron chi connectivity index (χ0n) is 17.4. The fraction of sp³-hybridized carbons (Fsp3) is 0.364. The van der Waals surface area contributed by atoms with Crippen LogP contribution in [0.3, 0.4) is 0 Å². The number of amides is 1. The number of nitrogens with zero attached hydrogens (tertiary/aromatic N) is 1. The van der Waals surface area contributed by atoms with Gasteiger partial charge in [0.1, 0.15) is 13.2 Å². The summed E-state index contributed by atoms with van der Waals surface area (Å²) in [5, 5.41) is 9.07. The first-order valence-electron chi connectivity index (χ1n) is 9.76. The van der Waals surface area contributed by atoms with E-state index in [0.717, 1.165) is 5.56 Å². The SMILES string of the molecule is CC(CC(=O)O)N(CCOc1ccccc1OCC(F)(F)F)C(=O)OCc1ccccc1. The number of benzene rings is 2. The molecule has 1 amide bonds. The Morgan fingerprint density at radius 3 is 2.19 bits per heavy atom. The topological polar surface area (TPSA) is 85.3 Å². The molecule has 32 heavy (non-hydrogen) atoms. The van der Waals surface area contributed by atoms with Gasteiger partial charge in [-0.25, -0.2) is 4.79 Å². The number of aliphatic carboxylic acids is 1. The minimum Gasteiger partial charge on any atom is -0.488 e. The third-order valence-corrected chi connectivity index (χ3v) is 4.27. The number of rotatable bonds is 11. The Balaban J connectivity index is 1.99. The second-order valence-corrected chi connectivity index (χ2v) is 6.88. The molecule has 0 radical (unpaired) electrons. The van der Waals surface area contributed by atoms with Crippen LogP contribution in [-0.4, -0.2) is 54.0 Å². The summed E-state index contributed by atoms with van der Waals surface area (Å²) >= 11 is 0. The Labute approximate surface area is 183 Å². The van der Waals surface area contributed by atoms with Gasteiger partial charge in [0.15, 0.2) is 18.1 Å².